The van der Waals surface area contributed by atoms with Gasteiger partial charge in [-0.3, -0.25) is 0 Å². The fourth-order valence-corrected chi connectivity index (χ4v) is 2.24. The molecule has 0 aliphatic carbocycles. The van der Waals surface area contributed by atoms with Gasteiger partial charge < -0.3 is 5.32 Å². The van der Waals surface area contributed by atoms with Crippen LogP contribution >= 0.6 is 0 Å². The highest BCUT2D eigenvalue weighted by atomic mass is 15.2. The van der Waals surface area contributed by atoms with Gasteiger partial charge in [-0.25, -0.2) is 4.52 Å². The number of hydrogen-bond acceptors (Lipinski definition) is 2. The molecular weight excluding hydrogens is 234 g/mol. The number of anilines is 1. The van der Waals surface area contributed by atoms with Crippen molar-refractivity contribution in [3.05, 3.63) is 65.5 Å². The zero-order valence-electron chi connectivity index (χ0n) is 11.2. The van der Waals surface area contributed by atoms with Crippen molar-refractivity contribution in [3.63, 3.8) is 0 Å². The summed E-state index contributed by atoms with van der Waals surface area (Å²) in [7, 11) is 0. The molecule has 0 amide bonds. The lowest BCUT2D eigenvalue weighted by Gasteiger charge is -2.09. The van der Waals surface area contributed by atoms with E-state index in [-0.39, 0.29) is 0 Å². The minimum atomic E-state index is 0.789. The molecular formula is C16H17N3. The Balaban J connectivity index is 1.84. The van der Waals surface area contributed by atoms with Gasteiger partial charge in [0.25, 0.3) is 0 Å². The lowest BCUT2D eigenvalue weighted by Crippen LogP contribution is -2.01. The van der Waals surface area contributed by atoms with Gasteiger partial charge in [0, 0.05) is 24.0 Å². The highest BCUT2D eigenvalue weighted by molar-refractivity contribution is 5.57. The fraction of sp³-hybridized carbons (Fsp3) is 0.188. The first-order chi connectivity index (χ1) is 9.24. The Hall–Kier alpha value is -2.29. The van der Waals surface area contributed by atoms with Gasteiger partial charge in [0.2, 0.25) is 0 Å². The monoisotopic (exact) mass is 251 g/mol. The Bertz CT molecular complexity index is 713. The summed E-state index contributed by atoms with van der Waals surface area (Å²) in [6, 6.07) is 12.6. The highest BCUT2D eigenvalue weighted by Crippen LogP contribution is 2.18. The van der Waals surface area contributed by atoms with E-state index >= 15 is 0 Å². The molecule has 3 aromatic rings. The number of fused-ring (bicyclic) bond motifs is 1. The molecule has 2 heterocycles. The largest absolute Gasteiger partial charge is 0.381 e. The van der Waals surface area contributed by atoms with Gasteiger partial charge in [-0.15, -0.1) is 0 Å². The van der Waals surface area contributed by atoms with Crippen molar-refractivity contribution in [2.24, 2.45) is 0 Å². The zero-order valence-corrected chi connectivity index (χ0v) is 11.2. The van der Waals surface area contributed by atoms with Crippen LogP contribution in [-0.4, -0.2) is 9.61 Å². The van der Waals surface area contributed by atoms with Crippen molar-refractivity contribution >= 4 is 11.2 Å². The van der Waals surface area contributed by atoms with Crippen molar-refractivity contribution in [2.75, 3.05) is 5.32 Å². The first-order valence-electron chi connectivity index (χ1n) is 6.46. The molecule has 0 fully saturated rings. The number of nitrogens with zero attached hydrogens (tertiary/aromatic N) is 2. The Morgan fingerprint density at radius 3 is 2.95 bits per heavy atom. The van der Waals surface area contributed by atoms with E-state index in [1.54, 1.807) is 0 Å². The van der Waals surface area contributed by atoms with Gasteiger partial charge in [-0.05, 0) is 43.2 Å². The number of aryl methyl sites for hydroxylation is 2. The van der Waals surface area contributed by atoms with Crippen molar-refractivity contribution in [1.82, 2.24) is 9.61 Å². The van der Waals surface area contributed by atoms with E-state index < -0.39 is 0 Å². The van der Waals surface area contributed by atoms with Crippen molar-refractivity contribution in [2.45, 2.75) is 20.4 Å². The summed E-state index contributed by atoms with van der Waals surface area (Å²) >= 11 is 0. The van der Waals surface area contributed by atoms with Gasteiger partial charge >= 0.3 is 0 Å². The minimum absolute atomic E-state index is 0.789. The van der Waals surface area contributed by atoms with Crippen LogP contribution in [-0.2, 0) is 6.54 Å². The van der Waals surface area contributed by atoms with Crippen LogP contribution in [0.2, 0.25) is 0 Å². The van der Waals surface area contributed by atoms with Crippen LogP contribution in [0.5, 0.6) is 0 Å². The number of rotatable bonds is 3. The molecule has 1 N–H and O–H groups in total. The molecule has 3 nitrogen and oxygen atoms in total. The topological polar surface area (TPSA) is 29.3 Å². The van der Waals surface area contributed by atoms with Gasteiger partial charge in [0.05, 0.1) is 11.7 Å². The van der Waals surface area contributed by atoms with Crippen LogP contribution in [0.4, 0.5) is 5.69 Å². The molecule has 2 aromatic heterocycles. The molecule has 0 bridgehead atoms. The molecule has 0 unspecified atom stereocenters. The number of hydrogen-bond donors (Lipinski definition) is 1. The van der Waals surface area contributed by atoms with Crippen LogP contribution in [0.25, 0.3) is 5.52 Å². The normalized spacial score (nSPS) is 10.8. The van der Waals surface area contributed by atoms with Crippen LogP contribution in [0.1, 0.15) is 16.7 Å². The van der Waals surface area contributed by atoms with E-state index in [9.17, 15) is 0 Å². The first-order valence-corrected chi connectivity index (χ1v) is 6.46. The van der Waals surface area contributed by atoms with E-state index in [2.05, 4.69) is 48.5 Å². The average Bonchev–Trinajstić information content (AvgIpc) is 2.83. The summed E-state index contributed by atoms with van der Waals surface area (Å²) in [5.74, 6) is 0. The van der Waals surface area contributed by atoms with Gasteiger partial charge in [0.15, 0.2) is 0 Å². The van der Waals surface area contributed by atoms with E-state index in [4.69, 9.17) is 0 Å². The fourth-order valence-electron chi connectivity index (χ4n) is 2.24. The Morgan fingerprint density at radius 1 is 1.16 bits per heavy atom. The molecule has 0 aliphatic heterocycles. The van der Waals surface area contributed by atoms with Crippen LogP contribution < -0.4 is 5.32 Å². The maximum atomic E-state index is 4.35. The molecule has 3 heteroatoms. The second kappa shape index (κ2) is 4.76. The zero-order chi connectivity index (χ0) is 13.2. The molecule has 0 spiro atoms. The van der Waals surface area contributed by atoms with E-state index in [0.717, 1.165) is 12.1 Å². The van der Waals surface area contributed by atoms with Crippen molar-refractivity contribution in [3.8, 4) is 0 Å². The minimum Gasteiger partial charge on any atom is -0.381 e. The molecule has 19 heavy (non-hydrogen) atoms. The van der Waals surface area contributed by atoms with Crippen molar-refractivity contribution < 1.29 is 0 Å². The average molecular weight is 251 g/mol. The standard InChI is InChI=1S/C16H17N3/c1-12-6-7-13(2)15(9-12)17-10-14-11-18-19-8-4-3-5-16(14)19/h3-9,11,17H,10H2,1-2H3. The maximum Gasteiger partial charge on any atom is 0.0711 e. The molecule has 0 atom stereocenters. The summed E-state index contributed by atoms with van der Waals surface area (Å²) in [5, 5.41) is 7.84. The SMILES string of the molecule is Cc1ccc(C)c(NCc2cnn3ccccc23)c1. The molecule has 0 radical (unpaired) electrons. The smallest absolute Gasteiger partial charge is 0.0711 e. The number of aromatic nitrogens is 2. The maximum absolute atomic E-state index is 4.35. The van der Waals surface area contributed by atoms with Gasteiger partial charge in [0.1, 0.15) is 0 Å². The molecule has 1 aromatic carbocycles. The van der Waals surface area contributed by atoms with E-state index in [0.29, 0.717) is 0 Å². The predicted molar refractivity (Wildman–Crippen MR) is 78.4 cm³/mol. The summed E-state index contributed by atoms with van der Waals surface area (Å²) in [6.45, 7) is 5.02. The molecule has 96 valence electrons. The van der Waals surface area contributed by atoms with Gasteiger partial charge in [-0.1, -0.05) is 18.2 Å². The van der Waals surface area contributed by atoms with Crippen LogP contribution in [0, 0.1) is 13.8 Å². The van der Waals surface area contributed by atoms with E-state index in [1.807, 2.05) is 29.0 Å². The van der Waals surface area contributed by atoms with Crippen molar-refractivity contribution in [1.29, 1.82) is 0 Å². The van der Waals surface area contributed by atoms with Crippen LogP contribution in [0.15, 0.2) is 48.8 Å². The summed E-state index contributed by atoms with van der Waals surface area (Å²) in [5.41, 5.74) is 6.09. The molecule has 0 saturated heterocycles. The second-order valence-corrected chi connectivity index (χ2v) is 4.87. The number of pyridine rings is 1. The second-order valence-electron chi connectivity index (χ2n) is 4.87. The summed E-state index contributed by atoms with van der Waals surface area (Å²) in [6.07, 6.45) is 3.89. The third kappa shape index (κ3) is 2.32. The number of nitrogens with one attached hydrogen (secondary N) is 1. The number of benzene rings is 1. The Morgan fingerprint density at radius 2 is 2.05 bits per heavy atom. The summed E-state index contributed by atoms with van der Waals surface area (Å²) in [4.78, 5) is 0. The third-order valence-corrected chi connectivity index (χ3v) is 3.37. The molecule has 0 aliphatic rings. The molecule has 3 rings (SSSR count). The third-order valence-electron chi connectivity index (χ3n) is 3.37. The Kier molecular flexibility index (Phi) is 2.95. The predicted octanol–water partition coefficient (Wildman–Crippen LogP) is 3.56. The lowest BCUT2D eigenvalue weighted by molar-refractivity contribution is 0.961. The van der Waals surface area contributed by atoms with E-state index in [1.165, 1.54) is 22.4 Å². The first kappa shape index (κ1) is 11.8. The summed E-state index contributed by atoms with van der Waals surface area (Å²) < 4.78 is 1.90. The van der Waals surface area contributed by atoms with Crippen LogP contribution in [0.3, 0.4) is 0 Å². The molecule has 0 saturated carbocycles. The quantitative estimate of drug-likeness (QED) is 0.771. The highest BCUT2D eigenvalue weighted by Gasteiger charge is 2.04. The lowest BCUT2D eigenvalue weighted by atomic mass is 10.1. The van der Waals surface area contributed by atoms with Gasteiger partial charge in [-0.2, -0.15) is 5.10 Å². The Labute approximate surface area is 112 Å².